The molecule has 0 saturated carbocycles. The predicted octanol–water partition coefficient (Wildman–Crippen LogP) is -0.207. The fourth-order valence-electron chi connectivity index (χ4n) is 4.44. The van der Waals surface area contributed by atoms with Gasteiger partial charge in [0.2, 0.25) is 0 Å². The van der Waals surface area contributed by atoms with Gasteiger partial charge >= 0.3 is 0 Å². The number of nitrogens with two attached hydrogens (primary N) is 1. The summed E-state index contributed by atoms with van der Waals surface area (Å²) in [5.41, 5.74) is 8.93. The number of fused-ring (bicyclic) bond motifs is 2. The lowest BCUT2D eigenvalue weighted by molar-refractivity contribution is -0.0345. The Morgan fingerprint density at radius 2 is 1.78 bits per heavy atom. The zero-order chi connectivity index (χ0) is 24.6. The molecule has 36 heavy (non-hydrogen) atoms. The predicted molar refractivity (Wildman–Crippen MR) is 125 cm³/mol. The van der Waals surface area contributed by atoms with E-state index in [9.17, 15) is 10.2 Å². The number of aromatic nitrogens is 8. The summed E-state index contributed by atoms with van der Waals surface area (Å²) in [6.45, 7) is 0.644. The largest absolute Gasteiger partial charge is 0.469 e. The first-order chi connectivity index (χ1) is 17.6. The Hall–Kier alpha value is -3.98. The van der Waals surface area contributed by atoms with Gasteiger partial charge in [-0.2, -0.15) is 0 Å². The summed E-state index contributed by atoms with van der Waals surface area (Å²) in [6.07, 6.45) is 5.20. The van der Waals surface area contributed by atoms with Crippen LogP contribution >= 0.6 is 0 Å². The van der Waals surface area contributed by atoms with Crippen molar-refractivity contribution in [3.05, 3.63) is 55.2 Å². The lowest BCUT2D eigenvalue weighted by Gasteiger charge is -2.16. The van der Waals surface area contributed by atoms with Crippen molar-refractivity contribution in [2.24, 2.45) is 0 Å². The topological polar surface area (TPSA) is 188 Å². The molecule has 4 atom stereocenters. The van der Waals surface area contributed by atoms with E-state index in [1.54, 1.807) is 17.2 Å². The van der Waals surface area contributed by atoms with Crippen LogP contribution < -0.4 is 11.1 Å². The van der Waals surface area contributed by atoms with E-state index in [4.69, 9.17) is 14.9 Å². The van der Waals surface area contributed by atoms with E-state index in [2.05, 4.69) is 35.2 Å². The standard InChI is InChI=1S/C22H24N10O4/c23-19-16-21(28-8-26-19)32(11-30-16)22-18(34)17(33)14(36-22)6-24-9-31-10-29-15-13(25-7-27-20(15)31)4-3-12-2-1-5-35-12/h1-2,5,7-8,10-11,14,17-18,22,24,33-34H,3-4,6,9H2,(H2,23,26,28). The number of aliphatic hydroxyl groups is 2. The Morgan fingerprint density at radius 1 is 0.944 bits per heavy atom. The van der Waals surface area contributed by atoms with E-state index in [-0.39, 0.29) is 12.4 Å². The van der Waals surface area contributed by atoms with E-state index in [1.165, 1.54) is 19.0 Å². The number of furan rings is 1. The second-order valence-corrected chi connectivity index (χ2v) is 8.53. The van der Waals surface area contributed by atoms with Crippen molar-refractivity contribution in [3.8, 4) is 0 Å². The summed E-state index contributed by atoms with van der Waals surface area (Å²) in [5, 5.41) is 24.5. The van der Waals surface area contributed by atoms with Gasteiger partial charge in [0.05, 0.1) is 31.3 Å². The molecule has 14 heteroatoms. The Bertz CT molecular complexity index is 1480. The van der Waals surface area contributed by atoms with Crippen LogP contribution in [-0.4, -0.2) is 74.1 Å². The molecule has 0 radical (unpaired) electrons. The average molecular weight is 493 g/mol. The SMILES string of the molecule is Nc1ncnc2c1ncn2C1OC(CNCn2cnc3c(CCc4ccco4)ncnc32)C(O)C1O. The zero-order valence-electron chi connectivity index (χ0n) is 19.0. The fraction of sp³-hybridized carbons (Fsp3) is 0.364. The lowest BCUT2D eigenvalue weighted by atomic mass is 10.1. The molecule has 1 aliphatic rings. The number of anilines is 1. The molecule has 5 aromatic rings. The number of aryl methyl sites for hydroxylation is 2. The van der Waals surface area contributed by atoms with Crippen LogP contribution in [0.1, 0.15) is 17.7 Å². The number of aliphatic hydroxyl groups excluding tert-OH is 2. The van der Waals surface area contributed by atoms with E-state index >= 15 is 0 Å². The first-order valence-corrected chi connectivity index (χ1v) is 11.4. The number of nitrogens with one attached hydrogen (secondary N) is 1. The lowest BCUT2D eigenvalue weighted by Crippen LogP contribution is -2.38. The molecule has 4 unspecified atom stereocenters. The average Bonchev–Trinajstić information content (AvgIpc) is 3.68. The van der Waals surface area contributed by atoms with E-state index in [1.807, 2.05) is 16.7 Å². The van der Waals surface area contributed by atoms with Crippen molar-refractivity contribution in [2.75, 3.05) is 12.3 Å². The molecule has 14 nitrogen and oxygen atoms in total. The number of hydrogen-bond acceptors (Lipinski definition) is 12. The molecular weight excluding hydrogens is 468 g/mol. The van der Waals surface area contributed by atoms with Gasteiger partial charge in [-0.15, -0.1) is 0 Å². The van der Waals surface area contributed by atoms with Crippen LogP contribution in [-0.2, 0) is 24.2 Å². The minimum Gasteiger partial charge on any atom is -0.469 e. The minimum atomic E-state index is -1.18. The van der Waals surface area contributed by atoms with Crippen LogP contribution in [0.3, 0.4) is 0 Å². The van der Waals surface area contributed by atoms with Gasteiger partial charge in [-0.1, -0.05) is 0 Å². The van der Waals surface area contributed by atoms with Crippen molar-refractivity contribution >= 4 is 28.1 Å². The molecule has 6 rings (SSSR count). The molecule has 0 amide bonds. The zero-order valence-corrected chi connectivity index (χ0v) is 19.0. The highest BCUT2D eigenvalue weighted by atomic mass is 16.6. The Kier molecular flexibility index (Phi) is 5.77. The van der Waals surface area contributed by atoms with Crippen LogP contribution in [0, 0.1) is 0 Å². The second-order valence-electron chi connectivity index (χ2n) is 8.53. The summed E-state index contributed by atoms with van der Waals surface area (Å²) in [6, 6.07) is 3.79. The Balaban J connectivity index is 1.11. The molecule has 5 N–H and O–H groups in total. The smallest absolute Gasteiger partial charge is 0.167 e. The van der Waals surface area contributed by atoms with Crippen molar-refractivity contribution in [1.29, 1.82) is 0 Å². The number of ether oxygens (including phenoxy) is 1. The van der Waals surface area contributed by atoms with Gasteiger partial charge in [-0.3, -0.25) is 9.88 Å². The minimum absolute atomic E-state index is 0.227. The first-order valence-electron chi connectivity index (χ1n) is 11.4. The number of rotatable bonds is 8. The highest BCUT2D eigenvalue weighted by Gasteiger charge is 2.44. The van der Waals surface area contributed by atoms with Gasteiger partial charge in [-0.05, 0) is 18.6 Å². The first kappa shape index (κ1) is 22.5. The second kappa shape index (κ2) is 9.23. The molecule has 0 aromatic carbocycles. The maximum absolute atomic E-state index is 10.6. The molecule has 6 heterocycles. The molecule has 1 fully saturated rings. The molecule has 5 aromatic heterocycles. The molecule has 1 aliphatic heterocycles. The van der Waals surface area contributed by atoms with E-state index in [0.717, 1.165) is 23.4 Å². The third kappa shape index (κ3) is 3.95. The maximum Gasteiger partial charge on any atom is 0.167 e. The molecular formula is C22H24N10O4. The maximum atomic E-state index is 10.6. The van der Waals surface area contributed by atoms with Crippen molar-refractivity contribution in [3.63, 3.8) is 0 Å². The highest BCUT2D eigenvalue weighted by Crippen LogP contribution is 2.31. The summed E-state index contributed by atoms with van der Waals surface area (Å²) in [7, 11) is 0. The Labute approximate surface area is 203 Å². The molecule has 0 spiro atoms. The van der Waals surface area contributed by atoms with E-state index in [0.29, 0.717) is 29.9 Å². The quantitative estimate of drug-likeness (QED) is 0.223. The van der Waals surface area contributed by atoms with Crippen LogP contribution in [0.2, 0.25) is 0 Å². The van der Waals surface area contributed by atoms with E-state index < -0.39 is 24.5 Å². The third-order valence-corrected chi connectivity index (χ3v) is 6.29. The molecule has 186 valence electrons. The Morgan fingerprint density at radius 3 is 2.64 bits per heavy atom. The van der Waals surface area contributed by atoms with Gasteiger partial charge in [0.15, 0.2) is 23.3 Å². The molecule has 1 saturated heterocycles. The van der Waals surface area contributed by atoms with Crippen LogP contribution in [0.5, 0.6) is 0 Å². The number of nitrogens with zero attached hydrogens (tertiary/aromatic N) is 8. The van der Waals surface area contributed by atoms with Gasteiger partial charge in [0.25, 0.3) is 0 Å². The van der Waals surface area contributed by atoms with Gasteiger partial charge in [0.1, 0.15) is 47.8 Å². The van der Waals surface area contributed by atoms with Gasteiger partial charge in [0, 0.05) is 13.0 Å². The summed E-state index contributed by atoms with van der Waals surface area (Å²) >= 11 is 0. The van der Waals surface area contributed by atoms with Crippen LogP contribution in [0.15, 0.2) is 48.1 Å². The van der Waals surface area contributed by atoms with Crippen molar-refractivity contribution < 1.29 is 19.4 Å². The number of hydrogen-bond donors (Lipinski definition) is 4. The summed E-state index contributed by atoms with van der Waals surface area (Å²) in [4.78, 5) is 25.6. The summed E-state index contributed by atoms with van der Waals surface area (Å²) in [5.74, 6) is 1.11. The number of nitrogen functional groups attached to an aromatic ring is 1. The highest BCUT2D eigenvalue weighted by molar-refractivity contribution is 5.81. The van der Waals surface area contributed by atoms with Gasteiger partial charge in [-0.25, -0.2) is 29.9 Å². The fourth-order valence-corrected chi connectivity index (χ4v) is 4.44. The van der Waals surface area contributed by atoms with Crippen molar-refractivity contribution in [2.45, 2.75) is 44.1 Å². The van der Waals surface area contributed by atoms with Crippen LogP contribution in [0.4, 0.5) is 5.82 Å². The summed E-state index contributed by atoms with van der Waals surface area (Å²) < 4.78 is 14.8. The number of imidazole rings is 2. The normalized spacial score (nSPS) is 22.2. The van der Waals surface area contributed by atoms with Crippen molar-refractivity contribution in [1.82, 2.24) is 44.4 Å². The monoisotopic (exact) mass is 492 g/mol. The van der Waals surface area contributed by atoms with Crippen LogP contribution in [0.25, 0.3) is 22.3 Å². The third-order valence-electron chi connectivity index (χ3n) is 6.29. The molecule has 0 aliphatic carbocycles. The van der Waals surface area contributed by atoms with Gasteiger partial charge < -0.3 is 29.7 Å². The molecule has 0 bridgehead atoms.